The lowest BCUT2D eigenvalue weighted by atomic mass is 10.2. The van der Waals surface area contributed by atoms with Gasteiger partial charge in [-0.15, -0.1) is 0 Å². The van der Waals surface area contributed by atoms with Gasteiger partial charge in [0.05, 0.1) is 106 Å². The smallest absolute Gasteiger partial charge is 0.162 e. The van der Waals surface area contributed by atoms with E-state index in [9.17, 15) is 9.59 Å². The van der Waals surface area contributed by atoms with Crippen molar-refractivity contribution in [2.24, 2.45) is 0 Å². The summed E-state index contributed by atoms with van der Waals surface area (Å²) in [7, 11) is 0. The van der Waals surface area contributed by atoms with Gasteiger partial charge in [0, 0.05) is 11.1 Å². The molecule has 1 aliphatic rings. The number of aldehydes is 2. The first kappa shape index (κ1) is 39.1. The summed E-state index contributed by atoms with van der Waals surface area (Å²) >= 11 is 0. The Bertz CT molecular complexity index is 1040. The number of ether oxygens (including phenoxy) is 12. The molecule has 0 amide bonds. The summed E-state index contributed by atoms with van der Waals surface area (Å²) < 4.78 is 67.6. The third kappa shape index (κ3) is 17.7. The van der Waals surface area contributed by atoms with E-state index in [-0.39, 0.29) is 13.2 Å². The molecular formula is C34H48O14. The normalized spacial score (nSPS) is 19.0. The van der Waals surface area contributed by atoms with Gasteiger partial charge < -0.3 is 56.8 Å². The Balaban J connectivity index is 1.38. The van der Waals surface area contributed by atoms with Crippen molar-refractivity contribution in [2.45, 2.75) is 0 Å². The molecule has 0 saturated carbocycles. The molecule has 2 aromatic carbocycles. The Morgan fingerprint density at radius 2 is 0.542 bits per heavy atom. The van der Waals surface area contributed by atoms with Gasteiger partial charge in [-0.25, -0.2) is 0 Å². The van der Waals surface area contributed by atoms with Crippen LogP contribution in [0.3, 0.4) is 0 Å². The van der Waals surface area contributed by atoms with Crippen LogP contribution in [0.25, 0.3) is 0 Å². The van der Waals surface area contributed by atoms with Crippen molar-refractivity contribution in [1.82, 2.24) is 0 Å². The monoisotopic (exact) mass is 680 g/mol. The second-order valence-corrected chi connectivity index (χ2v) is 9.94. The molecule has 14 heteroatoms. The van der Waals surface area contributed by atoms with E-state index in [0.717, 1.165) is 12.6 Å². The number of rotatable bonds is 2. The van der Waals surface area contributed by atoms with Crippen LogP contribution in [0.2, 0.25) is 0 Å². The molecule has 0 radical (unpaired) electrons. The standard InChI is InChI=1S/C34H48O14/c35-27-29-1-3-31-33(25-29)47-23-19-43-15-11-39-7-8-40-12-16-44-20-24-48-34-26-30(28-36)2-4-32(34)46-22-18-42-14-10-38-6-5-37-9-13-41-17-21-45-31/h1-4,25-28H,5-24H2. The second-order valence-electron chi connectivity index (χ2n) is 9.94. The lowest BCUT2D eigenvalue weighted by Crippen LogP contribution is -2.16. The summed E-state index contributed by atoms with van der Waals surface area (Å²) in [5.41, 5.74) is 0.963. The molecule has 0 spiro atoms. The molecule has 268 valence electrons. The summed E-state index contributed by atoms with van der Waals surface area (Å²) in [6.07, 6.45) is 1.50. The zero-order valence-electron chi connectivity index (χ0n) is 27.5. The number of carbonyl (C=O) groups excluding carboxylic acids is 2. The van der Waals surface area contributed by atoms with E-state index in [2.05, 4.69) is 0 Å². The van der Waals surface area contributed by atoms with E-state index in [1.807, 2.05) is 0 Å². The van der Waals surface area contributed by atoms with Crippen LogP contribution < -0.4 is 18.9 Å². The molecule has 0 saturated heterocycles. The molecule has 0 unspecified atom stereocenters. The number of hydrogen-bond donors (Lipinski definition) is 0. The van der Waals surface area contributed by atoms with Crippen molar-refractivity contribution in [3.05, 3.63) is 47.5 Å². The fourth-order valence-corrected chi connectivity index (χ4v) is 4.03. The predicted octanol–water partition coefficient (Wildman–Crippen LogP) is 2.67. The third-order valence-electron chi connectivity index (χ3n) is 6.38. The minimum atomic E-state index is 0.275. The van der Waals surface area contributed by atoms with Crippen molar-refractivity contribution >= 4 is 12.6 Å². The van der Waals surface area contributed by atoms with Crippen LogP contribution in [0, 0.1) is 0 Å². The van der Waals surface area contributed by atoms with Gasteiger partial charge in [0.1, 0.15) is 39.0 Å². The van der Waals surface area contributed by atoms with Crippen LogP contribution in [0.1, 0.15) is 20.7 Å². The Morgan fingerprint density at radius 1 is 0.312 bits per heavy atom. The minimum absolute atomic E-state index is 0.275. The summed E-state index contributed by atoms with van der Waals surface area (Å²) in [5, 5.41) is 0. The molecule has 1 heterocycles. The van der Waals surface area contributed by atoms with E-state index < -0.39 is 0 Å². The van der Waals surface area contributed by atoms with E-state index in [1.165, 1.54) is 0 Å². The zero-order chi connectivity index (χ0) is 33.7. The Kier molecular flexibility index (Phi) is 21.7. The summed E-state index contributed by atoms with van der Waals surface area (Å²) in [6.45, 7) is 7.54. The average molecular weight is 681 g/mol. The second kappa shape index (κ2) is 26.6. The van der Waals surface area contributed by atoms with Crippen molar-refractivity contribution in [2.75, 3.05) is 132 Å². The van der Waals surface area contributed by atoms with Gasteiger partial charge in [0.25, 0.3) is 0 Å². The largest absolute Gasteiger partial charge is 0.487 e. The van der Waals surface area contributed by atoms with Gasteiger partial charge in [0.2, 0.25) is 0 Å². The minimum Gasteiger partial charge on any atom is -0.487 e. The highest BCUT2D eigenvalue weighted by atomic mass is 16.6. The third-order valence-corrected chi connectivity index (χ3v) is 6.38. The Labute approximate surface area is 281 Å². The lowest BCUT2D eigenvalue weighted by Gasteiger charge is -2.14. The molecular weight excluding hydrogens is 632 g/mol. The number of fused-ring (bicyclic) bond motifs is 2. The quantitative estimate of drug-likeness (QED) is 0.429. The van der Waals surface area contributed by atoms with E-state index >= 15 is 0 Å². The zero-order valence-corrected chi connectivity index (χ0v) is 27.5. The van der Waals surface area contributed by atoms with E-state index in [1.54, 1.807) is 36.4 Å². The van der Waals surface area contributed by atoms with Gasteiger partial charge in [-0.3, -0.25) is 9.59 Å². The summed E-state index contributed by atoms with van der Waals surface area (Å²) in [6, 6.07) is 9.98. The van der Waals surface area contributed by atoms with Crippen LogP contribution in [-0.4, -0.2) is 145 Å². The molecule has 1 aliphatic heterocycles. The SMILES string of the molecule is O=Cc1ccc2c(c1)OCCOCCOCCOCCOCCOc1cc(C=O)ccc1OCCOCCOCCOCCOCCO2. The van der Waals surface area contributed by atoms with Crippen LogP contribution in [-0.2, 0) is 37.9 Å². The van der Waals surface area contributed by atoms with Gasteiger partial charge in [-0.1, -0.05) is 0 Å². The molecule has 0 aromatic heterocycles. The molecule has 48 heavy (non-hydrogen) atoms. The lowest BCUT2D eigenvalue weighted by molar-refractivity contribution is -0.00841. The van der Waals surface area contributed by atoms with Crippen molar-refractivity contribution in [3.63, 3.8) is 0 Å². The summed E-state index contributed by atoms with van der Waals surface area (Å²) in [5.74, 6) is 1.94. The van der Waals surface area contributed by atoms with Crippen molar-refractivity contribution in [3.8, 4) is 23.0 Å². The van der Waals surface area contributed by atoms with Gasteiger partial charge >= 0.3 is 0 Å². The molecule has 2 aromatic rings. The van der Waals surface area contributed by atoms with Crippen LogP contribution in [0.15, 0.2) is 36.4 Å². The Hall–Kier alpha value is -3.34. The van der Waals surface area contributed by atoms with Gasteiger partial charge in [0.15, 0.2) is 23.0 Å². The number of hydrogen-bond acceptors (Lipinski definition) is 14. The molecule has 14 nitrogen and oxygen atoms in total. The van der Waals surface area contributed by atoms with Crippen LogP contribution in [0.4, 0.5) is 0 Å². The molecule has 3 rings (SSSR count). The van der Waals surface area contributed by atoms with Gasteiger partial charge in [-0.05, 0) is 36.4 Å². The molecule has 0 fully saturated rings. The Morgan fingerprint density at radius 3 is 0.792 bits per heavy atom. The van der Waals surface area contributed by atoms with Crippen LogP contribution >= 0.6 is 0 Å². The topological polar surface area (TPSA) is 145 Å². The molecule has 0 aliphatic carbocycles. The first-order valence-electron chi connectivity index (χ1n) is 16.1. The fraction of sp³-hybridized carbons (Fsp3) is 0.588. The molecule has 0 bridgehead atoms. The molecule has 0 N–H and O–H groups in total. The molecule has 0 atom stereocenters. The van der Waals surface area contributed by atoms with E-state index in [0.29, 0.717) is 153 Å². The first-order chi connectivity index (χ1) is 23.8. The number of benzene rings is 2. The highest BCUT2D eigenvalue weighted by Gasteiger charge is 2.09. The maximum Gasteiger partial charge on any atom is 0.162 e. The maximum absolute atomic E-state index is 11.2. The number of carbonyl (C=O) groups is 2. The summed E-state index contributed by atoms with van der Waals surface area (Å²) in [4.78, 5) is 22.5. The fourth-order valence-electron chi connectivity index (χ4n) is 4.03. The van der Waals surface area contributed by atoms with Crippen molar-refractivity contribution < 1.29 is 66.4 Å². The highest BCUT2D eigenvalue weighted by molar-refractivity contribution is 5.77. The van der Waals surface area contributed by atoms with E-state index in [4.69, 9.17) is 56.8 Å². The predicted molar refractivity (Wildman–Crippen MR) is 172 cm³/mol. The maximum atomic E-state index is 11.2. The first-order valence-corrected chi connectivity index (χ1v) is 16.1. The van der Waals surface area contributed by atoms with Crippen LogP contribution in [0.5, 0.6) is 23.0 Å². The highest BCUT2D eigenvalue weighted by Crippen LogP contribution is 2.29. The van der Waals surface area contributed by atoms with Crippen molar-refractivity contribution in [1.29, 1.82) is 0 Å². The average Bonchev–Trinajstić information content (AvgIpc) is 3.11. The van der Waals surface area contributed by atoms with Gasteiger partial charge in [-0.2, -0.15) is 0 Å².